The van der Waals surface area contributed by atoms with E-state index in [1.54, 1.807) is 32.5 Å². The Morgan fingerprint density at radius 1 is 1.25 bits per heavy atom. The molecule has 6 heteroatoms. The summed E-state index contributed by atoms with van der Waals surface area (Å²) in [5.41, 5.74) is 3.17. The maximum atomic E-state index is 12.8. The predicted molar refractivity (Wildman–Crippen MR) is 90.2 cm³/mol. The first-order valence-corrected chi connectivity index (χ1v) is 7.43. The Hall–Kier alpha value is -3.15. The van der Waals surface area contributed by atoms with Gasteiger partial charge in [0.2, 0.25) is 0 Å². The number of rotatable bonds is 4. The monoisotopic (exact) mass is 323 g/mol. The van der Waals surface area contributed by atoms with Crippen LogP contribution in [0.2, 0.25) is 0 Å². The van der Waals surface area contributed by atoms with Gasteiger partial charge >= 0.3 is 0 Å². The second kappa shape index (κ2) is 6.54. The van der Waals surface area contributed by atoms with Crippen molar-refractivity contribution >= 4 is 11.6 Å². The molecule has 0 bridgehead atoms. The third-order valence-corrected chi connectivity index (χ3v) is 3.63. The fraction of sp³-hybridized carbons (Fsp3) is 0.167. The molecule has 6 nitrogen and oxygen atoms in total. The highest BCUT2D eigenvalue weighted by Gasteiger charge is 2.22. The number of aromatic nitrogens is 2. The first kappa shape index (κ1) is 15.7. The number of nitrogens with one attached hydrogen (secondary N) is 1. The second-order valence-electron chi connectivity index (χ2n) is 5.36. The Bertz CT molecular complexity index is 872. The van der Waals surface area contributed by atoms with E-state index in [4.69, 9.17) is 9.26 Å². The molecular weight excluding hydrogens is 306 g/mol. The number of ether oxygens (including phenoxy) is 1. The van der Waals surface area contributed by atoms with Crippen LogP contribution in [0.5, 0.6) is 5.75 Å². The van der Waals surface area contributed by atoms with Gasteiger partial charge < -0.3 is 14.6 Å². The van der Waals surface area contributed by atoms with E-state index < -0.39 is 0 Å². The van der Waals surface area contributed by atoms with E-state index in [0.29, 0.717) is 28.5 Å². The van der Waals surface area contributed by atoms with Crippen molar-refractivity contribution in [2.24, 2.45) is 0 Å². The van der Waals surface area contributed by atoms with Crippen LogP contribution >= 0.6 is 0 Å². The maximum Gasteiger partial charge on any atom is 0.261 e. The zero-order valence-corrected chi connectivity index (χ0v) is 13.7. The van der Waals surface area contributed by atoms with Crippen LogP contribution in [0.15, 0.2) is 47.2 Å². The molecule has 1 N–H and O–H groups in total. The molecule has 0 aliphatic carbocycles. The van der Waals surface area contributed by atoms with E-state index in [1.807, 2.05) is 31.2 Å². The molecule has 0 saturated heterocycles. The predicted octanol–water partition coefficient (Wildman–Crippen LogP) is 3.61. The minimum absolute atomic E-state index is 0.309. The van der Waals surface area contributed by atoms with Crippen LogP contribution in [-0.4, -0.2) is 23.2 Å². The van der Waals surface area contributed by atoms with E-state index in [2.05, 4.69) is 15.5 Å². The van der Waals surface area contributed by atoms with Gasteiger partial charge in [0.1, 0.15) is 22.8 Å². The summed E-state index contributed by atoms with van der Waals surface area (Å²) in [7, 11) is 1.56. The third kappa shape index (κ3) is 2.99. The van der Waals surface area contributed by atoms with E-state index in [9.17, 15) is 4.79 Å². The zero-order chi connectivity index (χ0) is 17.1. The Morgan fingerprint density at radius 3 is 2.79 bits per heavy atom. The number of hydrogen-bond donors (Lipinski definition) is 1. The van der Waals surface area contributed by atoms with Gasteiger partial charge in [-0.25, -0.2) is 0 Å². The van der Waals surface area contributed by atoms with Crippen molar-refractivity contribution in [2.75, 3.05) is 12.4 Å². The van der Waals surface area contributed by atoms with Crippen LogP contribution in [0.4, 0.5) is 5.69 Å². The van der Waals surface area contributed by atoms with Gasteiger partial charge in [0, 0.05) is 18.0 Å². The average Bonchev–Trinajstić information content (AvgIpc) is 2.97. The molecule has 0 spiro atoms. The number of benzene rings is 1. The summed E-state index contributed by atoms with van der Waals surface area (Å²) < 4.78 is 10.5. The standard InChI is InChI=1S/C18H17N3O3/c1-11-6-7-15(23-3)14(9-11)20-18(22)16-12(2)24-21-17(16)13-5-4-8-19-10-13/h4-10H,1-3H3,(H,20,22). The number of methoxy groups -OCH3 is 1. The van der Waals surface area contributed by atoms with Gasteiger partial charge in [-0.2, -0.15) is 0 Å². The first-order chi connectivity index (χ1) is 11.6. The number of pyridine rings is 1. The van der Waals surface area contributed by atoms with Crippen LogP contribution in [0.25, 0.3) is 11.3 Å². The molecule has 3 rings (SSSR count). The largest absolute Gasteiger partial charge is 0.495 e. The Balaban J connectivity index is 1.97. The smallest absolute Gasteiger partial charge is 0.261 e. The fourth-order valence-electron chi connectivity index (χ4n) is 2.44. The number of carbonyl (C=O) groups excluding carboxylic acids is 1. The lowest BCUT2D eigenvalue weighted by Crippen LogP contribution is -2.14. The second-order valence-corrected chi connectivity index (χ2v) is 5.36. The molecule has 24 heavy (non-hydrogen) atoms. The average molecular weight is 323 g/mol. The van der Waals surface area contributed by atoms with E-state index >= 15 is 0 Å². The highest BCUT2D eigenvalue weighted by molar-refractivity contribution is 6.09. The van der Waals surface area contributed by atoms with Gasteiger partial charge in [0.15, 0.2) is 0 Å². The summed E-state index contributed by atoms with van der Waals surface area (Å²) in [6.07, 6.45) is 3.30. The highest BCUT2D eigenvalue weighted by Crippen LogP contribution is 2.29. The molecule has 0 radical (unpaired) electrons. The number of anilines is 1. The molecule has 0 aliphatic rings. The minimum atomic E-state index is -0.309. The molecule has 0 saturated carbocycles. The van der Waals surface area contributed by atoms with Gasteiger partial charge in [0.25, 0.3) is 5.91 Å². The minimum Gasteiger partial charge on any atom is -0.495 e. The fourth-order valence-corrected chi connectivity index (χ4v) is 2.44. The number of amides is 1. The highest BCUT2D eigenvalue weighted by atomic mass is 16.5. The summed E-state index contributed by atoms with van der Waals surface area (Å²) in [5, 5.41) is 6.87. The molecule has 0 atom stereocenters. The Labute approximate surface area is 139 Å². The van der Waals surface area contributed by atoms with Crippen molar-refractivity contribution in [2.45, 2.75) is 13.8 Å². The van der Waals surface area contributed by atoms with Crippen LogP contribution in [0, 0.1) is 13.8 Å². The van der Waals surface area contributed by atoms with Gasteiger partial charge in [-0.3, -0.25) is 9.78 Å². The molecule has 2 aromatic heterocycles. The van der Waals surface area contributed by atoms with Crippen LogP contribution in [0.3, 0.4) is 0 Å². The summed E-state index contributed by atoms with van der Waals surface area (Å²) in [4.78, 5) is 16.8. The molecule has 3 aromatic rings. The molecule has 0 fully saturated rings. The first-order valence-electron chi connectivity index (χ1n) is 7.43. The quantitative estimate of drug-likeness (QED) is 0.793. The molecular formula is C18H17N3O3. The van der Waals surface area contributed by atoms with Gasteiger partial charge in [-0.05, 0) is 43.7 Å². The lowest BCUT2D eigenvalue weighted by molar-refractivity contribution is 0.102. The van der Waals surface area contributed by atoms with Crippen LogP contribution in [-0.2, 0) is 0 Å². The van der Waals surface area contributed by atoms with Crippen molar-refractivity contribution in [3.8, 4) is 17.0 Å². The molecule has 122 valence electrons. The van der Waals surface area contributed by atoms with E-state index in [1.165, 1.54) is 0 Å². The van der Waals surface area contributed by atoms with Crippen LogP contribution in [0.1, 0.15) is 21.7 Å². The topological polar surface area (TPSA) is 77.2 Å². The summed E-state index contributed by atoms with van der Waals surface area (Å²) in [6.45, 7) is 3.65. The SMILES string of the molecule is COc1ccc(C)cc1NC(=O)c1c(-c2cccnc2)noc1C. The molecule has 1 amide bonds. The maximum absolute atomic E-state index is 12.8. The zero-order valence-electron chi connectivity index (χ0n) is 13.7. The number of nitrogens with zero attached hydrogens (tertiary/aromatic N) is 2. The molecule has 0 aliphatic heterocycles. The lowest BCUT2D eigenvalue weighted by atomic mass is 10.1. The van der Waals surface area contributed by atoms with Gasteiger partial charge in [-0.1, -0.05) is 11.2 Å². The van der Waals surface area contributed by atoms with Gasteiger partial charge in [-0.15, -0.1) is 0 Å². The third-order valence-electron chi connectivity index (χ3n) is 3.63. The number of carbonyl (C=O) groups is 1. The van der Waals surface area contributed by atoms with Crippen LogP contribution < -0.4 is 10.1 Å². The van der Waals surface area contributed by atoms with Crippen molar-refractivity contribution in [1.29, 1.82) is 0 Å². The number of aryl methyl sites for hydroxylation is 2. The number of hydrogen-bond acceptors (Lipinski definition) is 5. The van der Waals surface area contributed by atoms with E-state index in [0.717, 1.165) is 11.1 Å². The molecule has 1 aromatic carbocycles. The normalized spacial score (nSPS) is 10.5. The summed E-state index contributed by atoms with van der Waals surface area (Å²) in [5.74, 6) is 0.723. The van der Waals surface area contributed by atoms with Crippen molar-refractivity contribution in [1.82, 2.24) is 10.1 Å². The van der Waals surface area contributed by atoms with Crippen molar-refractivity contribution in [3.05, 3.63) is 59.6 Å². The van der Waals surface area contributed by atoms with Crippen molar-refractivity contribution in [3.63, 3.8) is 0 Å². The molecule has 2 heterocycles. The summed E-state index contributed by atoms with van der Waals surface area (Å²) >= 11 is 0. The van der Waals surface area contributed by atoms with E-state index in [-0.39, 0.29) is 5.91 Å². The Kier molecular flexibility index (Phi) is 4.29. The van der Waals surface area contributed by atoms with Gasteiger partial charge in [0.05, 0.1) is 12.8 Å². The van der Waals surface area contributed by atoms with Crippen molar-refractivity contribution < 1.29 is 14.1 Å². The Morgan fingerprint density at radius 2 is 2.08 bits per heavy atom. The lowest BCUT2D eigenvalue weighted by Gasteiger charge is -2.11. The molecule has 0 unspecified atom stereocenters. The summed E-state index contributed by atoms with van der Waals surface area (Å²) in [6, 6.07) is 9.19.